The number of benzene rings is 1. The van der Waals surface area contributed by atoms with Gasteiger partial charge in [-0.15, -0.1) is 0 Å². The van der Waals surface area contributed by atoms with Gasteiger partial charge in [-0.25, -0.2) is 13.4 Å². The molecule has 1 saturated heterocycles. The maximum absolute atomic E-state index is 11.6. The molecule has 1 aromatic carbocycles. The minimum absolute atomic E-state index is 0.528. The highest BCUT2D eigenvalue weighted by Gasteiger charge is 2.24. The van der Waals surface area contributed by atoms with Crippen molar-refractivity contribution in [1.82, 2.24) is 14.2 Å². The van der Waals surface area contributed by atoms with Crippen LogP contribution in [0.4, 0.5) is 0 Å². The summed E-state index contributed by atoms with van der Waals surface area (Å²) in [4.78, 5) is 6.85. The van der Waals surface area contributed by atoms with Crippen LogP contribution in [0, 0.1) is 13.8 Å². The third kappa shape index (κ3) is 3.85. The quantitative estimate of drug-likeness (QED) is 0.845. The normalized spacial score (nSPS) is 17.3. The van der Waals surface area contributed by atoms with Crippen LogP contribution >= 0.6 is 0 Å². The number of sulfonamides is 1. The van der Waals surface area contributed by atoms with E-state index < -0.39 is 10.0 Å². The van der Waals surface area contributed by atoms with Gasteiger partial charge in [-0.1, -0.05) is 17.7 Å². The second-order valence-electron chi connectivity index (χ2n) is 6.33. The number of nitrogens with zero attached hydrogens (tertiary/aromatic N) is 3. The van der Waals surface area contributed by atoms with E-state index >= 15 is 0 Å². The SMILES string of the molecule is Cc1ccc(-c2nc(CN3CCN(S(C)(=O)=O)CC3)c(C)o2)cc1. The third-order valence-electron chi connectivity index (χ3n) is 4.36. The number of hydrogen-bond donors (Lipinski definition) is 0. The van der Waals surface area contributed by atoms with Crippen LogP contribution in [-0.4, -0.2) is 55.0 Å². The van der Waals surface area contributed by atoms with Gasteiger partial charge in [0.1, 0.15) is 5.76 Å². The van der Waals surface area contributed by atoms with E-state index in [0.29, 0.717) is 38.6 Å². The average molecular weight is 349 g/mol. The molecular formula is C17H23N3O3S. The molecule has 3 rings (SSSR count). The molecule has 0 atom stereocenters. The molecule has 1 aliphatic rings. The van der Waals surface area contributed by atoms with Crippen molar-refractivity contribution in [3.05, 3.63) is 41.3 Å². The number of aromatic nitrogens is 1. The first-order chi connectivity index (χ1) is 11.3. The van der Waals surface area contributed by atoms with Gasteiger partial charge in [0.2, 0.25) is 15.9 Å². The molecule has 0 amide bonds. The average Bonchev–Trinajstić information content (AvgIpc) is 2.89. The van der Waals surface area contributed by atoms with E-state index in [-0.39, 0.29) is 0 Å². The van der Waals surface area contributed by atoms with Gasteiger partial charge in [0, 0.05) is 38.3 Å². The van der Waals surface area contributed by atoms with E-state index in [1.807, 2.05) is 38.1 Å². The molecule has 0 saturated carbocycles. The van der Waals surface area contributed by atoms with Crippen LogP contribution in [-0.2, 0) is 16.6 Å². The van der Waals surface area contributed by atoms with Gasteiger partial charge in [-0.3, -0.25) is 4.90 Å². The Balaban J connectivity index is 1.67. The third-order valence-corrected chi connectivity index (χ3v) is 5.67. The Morgan fingerprint density at radius 2 is 1.71 bits per heavy atom. The zero-order valence-electron chi connectivity index (χ0n) is 14.3. The highest BCUT2D eigenvalue weighted by atomic mass is 32.2. The molecule has 0 aliphatic carbocycles. The molecule has 2 aromatic rings. The lowest BCUT2D eigenvalue weighted by Crippen LogP contribution is -2.47. The summed E-state index contributed by atoms with van der Waals surface area (Å²) in [6.07, 6.45) is 1.26. The van der Waals surface area contributed by atoms with Crippen LogP contribution < -0.4 is 0 Å². The molecule has 6 nitrogen and oxygen atoms in total. The first kappa shape index (κ1) is 17.1. The number of aryl methyl sites for hydroxylation is 2. The van der Waals surface area contributed by atoms with Gasteiger partial charge in [0.15, 0.2) is 0 Å². The Hall–Kier alpha value is -1.70. The molecule has 2 heterocycles. The summed E-state index contributed by atoms with van der Waals surface area (Å²) in [5.74, 6) is 1.45. The number of rotatable bonds is 4. The first-order valence-corrected chi connectivity index (χ1v) is 9.88. The van der Waals surface area contributed by atoms with Gasteiger partial charge in [0.25, 0.3) is 0 Å². The molecule has 0 radical (unpaired) electrons. The maximum Gasteiger partial charge on any atom is 0.226 e. The Kier molecular flexibility index (Phi) is 4.76. The van der Waals surface area contributed by atoms with Crippen molar-refractivity contribution in [3.63, 3.8) is 0 Å². The van der Waals surface area contributed by atoms with Crippen LogP contribution in [0.2, 0.25) is 0 Å². The molecule has 0 bridgehead atoms. The summed E-state index contributed by atoms with van der Waals surface area (Å²) in [5, 5.41) is 0. The largest absolute Gasteiger partial charge is 0.441 e. The van der Waals surface area contributed by atoms with E-state index in [0.717, 1.165) is 17.0 Å². The molecule has 24 heavy (non-hydrogen) atoms. The minimum Gasteiger partial charge on any atom is -0.441 e. The second-order valence-corrected chi connectivity index (χ2v) is 8.31. The van der Waals surface area contributed by atoms with Gasteiger partial charge < -0.3 is 4.42 Å². The summed E-state index contributed by atoms with van der Waals surface area (Å²) in [6, 6.07) is 8.10. The fourth-order valence-electron chi connectivity index (χ4n) is 2.83. The van der Waals surface area contributed by atoms with Crippen molar-refractivity contribution in [2.45, 2.75) is 20.4 Å². The predicted molar refractivity (Wildman–Crippen MR) is 93.1 cm³/mol. The van der Waals surface area contributed by atoms with Crippen LogP contribution in [0.1, 0.15) is 17.0 Å². The van der Waals surface area contributed by atoms with Crippen molar-refractivity contribution in [3.8, 4) is 11.5 Å². The molecule has 1 aromatic heterocycles. The lowest BCUT2D eigenvalue weighted by Gasteiger charge is -2.32. The molecular weight excluding hydrogens is 326 g/mol. The van der Waals surface area contributed by atoms with Crippen LogP contribution in [0.3, 0.4) is 0 Å². The van der Waals surface area contributed by atoms with Crippen LogP contribution in [0.15, 0.2) is 28.7 Å². The Labute approximate surface area is 143 Å². The van der Waals surface area contributed by atoms with E-state index in [9.17, 15) is 8.42 Å². The fraction of sp³-hybridized carbons (Fsp3) is 0.471. The molecule has 0 N–H and O–H groups in total. The van der Waals surface area contributed by atoms with Gasteiger partial charge >= 0.3 is 0 Å². The topological polar surface area (TPSA) is 66.7 Å². The van der Waals surface area contributed by atoms with E-state index in [2.05, 4.69) is 9.88 Å². The molecule has 1 fully saturated rings. The monoisotopic (exact) mass is 349 g/mol. The molecule has 7 heteroatoms. The summed E-state index contributed by atoms with van der Waals surface area (Å²) < 4.78 is 30.5. The Bertz CT molecular complexity index is 804. The zero-order chi connectivity index (χ0) is 17.3. The van der Waals surface area contributed by atoms with Crippen molar-refractivity contribution in [1.29, 1.82) is 0 Å². The molecule has 1 aliphatic heterocycles. The van der Waals surface area contributed by atoms with Gasteiger partial charge in [-0.05, 0) is 26.0 Å². The van der Waals surface area contributed by atoms with Crippen molar-refractivity contribution >= 4 is 10.0 Å². The maximum atomic E-state index is 11.6. The fourth-order valence-corrected chi connectivity index (χ4v) is 3.65. The predicted octanol–water partition coefficient (Wildman–Crippen LogP) is 2.04. The lowest BCUT2D eigenvalue weighted by atomic mass is 10.1. The minimum atomic E-state index is -3.09. The smallest absolute Gasteiger partial charge is 0.226 e. The highest BCUT2D eigenvalue weighted by Crippen LogP contribution is 2.23. The summed E-state index contributed by atoms with van der Waals surface area (Å²) in [5.41, 5.74) is 3.08. The summed E-state index contributed by atoms with van der Waals surface area (Å²) >= 11 is 0. The van der Waals surface area contributed by atoms with Crippen molar-refractivity contribution < 1.29 is 12.8 Å². The van der Waals surface area contributed by atoms with Gasteiger partial charge in [-0.2, -0.15) is 4.31 Å². The van der Waals surface area contributed by atoms with Crippen LogP contribution in [0.5, 0.6) is 0 Å². The molecule has 0 unspecified atom stereocenters. The standard InChI is InChI=1S/C17H23N3O3S/c1-13-4-6-15(7-5-13)17-18-16(14(2)23-17)12-19-8-10-20(11-9-19)24(3,21)22/h4-7H,8-12H2,1-3H3. The number of piperazine rings is 1. The Morgan fingerprint density at radius 1 is 1.08 bits per heavy atom. The second kappa shape index (κ2) is 6.66. The zero-order valence-corrected chi connectivity index (χ0v) is 15.1. The van der Waals surface area contributed by atoms with Crippen molar-refractivity contribution in [2.24, 2.45) is 0 Å². The summed E-state index contributed by atoms with van der Waals surface area (Å²) in [6.45, 7) is 7.12. The van der Waals surface area contributed by atoms with E-state index in [1.165, 1.54) is 16.1 Å². The van der Waals surface area contributed by atoms with E-state index in [1.54, 1.807) is 0 Å². The van der Waals surface area contributed by atoms with Crippen molar-refractivity contribution in [2.75, 3.05) is 32.4 Å². The number of oxazole rings is 1. The Morgan fingerprint density at radius 3 is 2.29 bits per heavy atom. The lowest BCUT2D eigenvalue weighted by molar-refractivity contribution is 0.180. The molecule has 130 valence electrons. The highest BCUT2D eigenvalue weighted by molar-refractivity contribution is 7.88. The van der Waals surface area contributed by atoms with E-state index in [4.69, 9.17) is 4.42 Å². The number of hydrogen-bond acceptors (Lipinski definition) is 5. The van der Waals surface area contributed by atoms with Gasteiger partial charge in [0.05, 0.1) is 11.9 Å². The first-order valence-electron chi connectivity index (χ1n) is 8.04. The molecule has 0 spiro atoms. The summed E-state index contributed by atoms with van der Waals surface area (Å²) in [7, 11) is -3.09. The van der Waals surface area contributed by atoms with Crippen LogP contribution in [0.25, 0.3) is 11.5 Å².